The van der Waals surface area contributed by atoms with E-state index < -0.39 is 5.91 Å². The lowest BCUT2D eigenvalue weighted by atomic mass is 10.0. The standard InChI is InChI=1S/C24H22ClN5O3/c1-3-22(31)27-20-5-4-6-21(20)29-24-26-13-16-11-14(8-10-19(16)28-24)17-12-15(7-9-18(17)25)23(32)30-33-2/h1,7-13,20-21H,4-6H2,2H3,(H,27,31)(H,30,32)(H,26,28,29). The van der Waals surface area contributed by atoms with E-state index in [0.717, 1.165) is 35.7 Å². The number of rotatable bonds is 6. The lowest BCUT2D eigenvalue weighted by molar-refractivity contribution is -0.116. The van der Waals surface area contributed by atoms with E-state index in [4.69, 9.17) is 22.9 Å². The molecule has 0 bridgehead atoms. The highest BCUT2D eigenvalue weighted by Crippen LogP contribution is 2.31. The number of anilines is 1. The molecule has 0 saturated heterocycles. The third kappa shape index (κ3) is 5.06. The van der Waals surface area contributed by atoms with E-state index in [-0.39, 0.29) is 18.0 Å². The zero-order chi connectivity index (χ0) is 23.4. The number of benzene rings is 2. The van der Waals surface area contributed by atoms with Gasteiger partial charge in [-0.3, -0.25) is 14.4 Å². The van der Waals surface area contributed by atoms with Crippen LogP contribution in [0.1, 0.15) is 29.6 Å². The van der Waals surface area contributed by atoms with Crippen LogP contribution in [0.25, 0.3) is 22.0 Å². The van der Waals surface area contributed by atoms with Gasteiger partial charge in [0.2, 0.25) is 5.95 Å². The van der Waals surface area contributed by atoms with Gasteiger partial charge in [-0.15, -0.1) is 6.42 Å². The van der Waals surface area contributed by atoms with Gasteiger partial charge in [-0.25, -0.2) is 15.4 Å². The van der Waals surface area contributed by atoms with Crippen molar-refractivity contribution in [2.45, 2.75) is 31.3 Å². The number of halogens is 1. The maximum atomic E-state index is 12.1. The van der Waals surface area contributed by atoms with Gasteiger partial charge in [-0.05, 0) is 61.1 Å². The summed E-state index contributed by atoms with van der Waals surface area (Å²) in [6.45, 7) is 0. The molecule has 8 nitrogen and oxygen atoms in total. The van der Waals surface area contributed by atoms with E-state index in [1.54, 1.807) is 24.4 Å². The van der Waals surface area contributed by atoms with E-state index >= 15 is 0 Å². The van der Waals surface area contributed by atoms with Gasteiger partial charge >= 0.3 is 0 Å². The lowest BCUT2D eigenvalue weighted by Crippen LogP contribution is -2.43. The van der Waals surface area contributed by atoms with Gasteiger partial charge in [0, 0.05) is 39.8 Å². The van der Waals surface area contributed by atoms with Crippen molar-refractivity contribution in [3.05, 3.63) is 53.2 Å². The number of hydroxylamine groups is 1. The summed E-state index contributed by atoms with van der Waals surface area (Å²) in [5, 5.41) is 7.50. The molecule has 4 rings (SSSR count). The summed E-state index contributed by atoms with van der Waals surface area (Å²) in [6.07, 6.45) is 9.62. The highest BCUT2D eigenvalue weighted by molar-refractivity contribution is 6.33. The van der Waals surface area contributed by atoms with Crippen LogP contribution in [-0.2, 0) is 9.63 Å². The highest BCUT2D eigenvalue weighted by atomic mass is 35.5. The second-order valence-electron chi connectivity index (χ2n) is 7.70. The van der Waals surface area contributed by atoms with Crippen LogP contribution in [0.5, 0.6) is 0 Å². The van der Waals surface area contributed by atoms with Gasteiger partial charge in [0.1, 0.15) is 0 Å². The molecule has 1 aliphatic rings. The predicted molar refractivity (Wildman–Crippen MR) is 126 cm³/mol. The third-order valence-electron chi connectivity index (χ3n) is 5.59. The van der Waals surface area contributed by atoms with Crippen LogP contribution < -0.4 is 16.1 Å². The maximum absolute atomic E-state index is 12.1. The molecule has 2 aromatic carbocycles. The fraction of sp³-hybridized carbons (Fsp3) is 0.250. The van der Waals surface area contributed by atoms with Gasteiger partial charge in [0.15, 0.2) is 0 Å². The van der Waals surface area contributed by atoms with Gasteiger partial charge in [0.05, 0.1) is 12.6 Å². The van der Waals surface area contributed by atoms with Gasteiger partial charge in [-0.2, -0.15) is 0 Å². The number of carbonyl (C=O) groups excluding carboxylic acids is 2. The van der Waals surface area contributed by atoms with Crippen LogP contribution in [0.15, 0.2) is 42.6 Å². The maximum Gasteiger partial charge on any atom is 0.295 e. The Balaban J connectivity index is 1.56. The quantitative estimate of drug-likeness (QED) is 0.382. The summed E-state index contributed by atoms with van der Waals surface area (Å²) in [4.78, 5) is 37.4. The van der Waals surface area contributed by atoms with Gasteiger partial charge in [0.25, 0.3) is 11.8 Å². The molecule has 9 heteroatoms. The number of aromatic nitrogens is 2. The highest BCUT2D eigenvalue weighted by Gasteiger charge is 2.28. The summed E-state index contributed by atoms with van der Waals surface area (Å²) >= 11 is 6.40. The minimum Gasteiger partial charge on any atom is -0.349 e. The van der Waals surface area contributed by atoms with Crippen LogP contribution in [0.2, 0.25) is 5.02 Å². The van der Waals surface area contributed by atoms with Crippen LogP contribution in [0.3, 0.4) is 0 Å². The number of hydrogen-bond donors (Lipinski definition) is 3. The first-order valence-electron chi connectivity index (χ1n) is 10.4. The Morgan fingerprint density at radius 2 is 2.00 bits per heavy atom. The Morgan fingerprint density at radius 1 is 1.18 bits per heavy atom. The Hall–Kier alpha value is -3.67. The molecule has 0 radical (unpaired) electrons. The second-order valence-corrected chi connectivity index (χ2v) is 8.11. The molecular formula is C24H22ClN5O3. The normalized spacial score (nSPS) is 17.4. The molecule has 1 aliphatic carbocycles. The molecule has 2 atom stereocenters. The molecule has 168 valence electrons. The van der Waals surface area contributed by atoms with Crippen molar-refractivity contribution in [3.8, 4) is 23.5 Å². The molecule has 1 saturated carbocycles. The largest absolute Gasteiger partial charge is 0.349 e. The Bertz CT molecular complexity index is 1260. The van der Waals surface area contributed by atoms with Crippen molar-refractivity contribution in [2.24, 2.45) is 0 Å². The third-order valence-corrected chi connectivity index (χ3v) is 5.92. The van der Waals surface area contributed by atoms with Gasteiger partial charge in [-0.1, -0.05) is 17.7 Å². The summed E-state index contributed by atoms with van der Waals surface area (Å²) in [6, 6.07) is 10.7. The Morgan fingerprint density at radius 3 is 2.79 bits per heavy atom. The fourth-order valence-corrected chi connectivity index (χ4v) is 4.22. The molecule has 0 aliphatic heterocycles. The molecule has 2 amide bonds. The average Bonchev–Trinajstić information content (AvgIpc) is 3.25. The zero-order valence-corrected chi connectivity index (χ0v) is 18.6. The number of terminal acetylenes is 1. The summed E-state index contributed by atoms with van der Waals surface area (Å²) in [5.74, 6) is 1.80. The lowest BCUT2D eigenvalue weighted by Gasteiger charge is -2.21. The molecule has 33 heavy (non-hydrogen) atoms. The molecule has 1 heterocycles. The average molecular weight is 464 g/mol. The van der Waals surface area contributed by atoms with Crippen LogP contribution in [0.4, 0.5) is 5.95 Å². The summed E-state index contributed by atoms with van der Waals surface area (Å²) in [5.41, 5.74) is 5.02. The number of amides is 2. The van der Waals surface area contributed by atoms with Crippen LogP contribution in [0, 0.1) is 12.3 Å². The first-order valence-corrected chi connectivity index (χ1v) is 10.8. The zero-order valence-electron chi connectivity index (χ0n) is 17.9. The number of fused-ring (bicyclic) bond motifs is 1. The first-order chi connectivity index (χ1) is 16.0. The second kappa shape index (κ2) is 9.86. The predicted octanol–water partition coefficient (Wildman–Crippen LogP) is 3.32. The SMILES string of the molecule is C#CC(=O)NC1CCCC1Nc1ncc2cc(-c3cc(C(=O)NOC)ccc3Cl)ccc2n1. The van der Waals surface area contributed by atoms with Crippen molar-refractivity contribution in [3.63, 3.8) is 0 Å². The molecule has 3 N–H and O–H groups in total. The Labute approximate surface area is 196 Å². The minimum atomic E-state index is -0.414. The van der Waals surface area contributed by atoms with Crippen molar-refractivity contribution in [1.82, 2.24) is 20.8 Å². The minimum absolute atomic E-state index is 0.0128. The van der Waals surface area contributed by atoms with Gasteiger partial charge < -0.3 is 10.6 Å². The molecule has 1 fully saturated rings. The van der Waals surface area contributed by atoms with E-state index in [1.165, 1.54) is 7.11 Å². The number of nitrogens with one attached hydrogen (secondary N) is 3. The summed E-state index contributed by atoms with van der Waals surface area (Å²) in [7, 11) is 1.38. The Kier molecular flexibility index (Phi) is 6.73. The van der Waals surface area contributed by atoms with Crippen LogP contribution in [-0.4, -0.2) is 41.0 Å². The van der Waals surface area contributed by atoms with Crippen molar-refractivity contribution in [2.75, 3.05) is 12.4 Å². The first kappa shape index (κ1) is 22.5. The van der Waals surface area contributed by atoms with Crippen LogP contribution >= 0.6 is 11.6 Å². The van der Waals surface area contributed by atoms with Crippen molar-refractivity contribution in [1.29, 1.82) is 0 Å². The molecule has 1 aromatic heterocycles. The topological polar surface area (TPSA) is 105 Å². The fourth-order valence-electron chi connectivity index (χ4n) is 3.99. The van der Waals surface area contributed by atoms with E-state index in [9.17, 15) is 9.59 Å². The number of carbonyl (C=O) groups is 2. The number of hydrogen-bond acceptors (Lipinski definition) is 6. The summed E-state index contributed by atoms with van der Waals surface area (Å²) < 4.78 is 0. The molecule has 3 aromatic rings. The molecule has 2 unspecified atom stereocenters. The van der Waals surface area contributed by atoms with E-state index in [0.29, 0.717) is 22.1 Å². The van der Waals surface area contributed by atoms with Crippen molar-refractivity contribution < 1.29 is 14.4 Å². The van der Waals surface area contributed by atoms with E-state index in [2.05, 4.69) is 32.0 Å². The molecule has 0 spiro atoms. The monoisotopic (exact) mass is 463 g/mol. The van der Waals surface area contributed by atoms with E-state index in [1.807, 2.05) is 18.2 Å². The smallest absolute Gasteiger partial charge is 0.295 e. The van der Waals surface area contributed by atoms with Crippen molar-refractivity contribution >= 4 is 40.3 Å². The number of nitrogens with zero attached hydrogens (tertiary/aromatic N) is 2. The molecular weight excluding hydrogens is 442 g/mol.